The zero-order valence-electron chi connectivity index (χ0n) is 6.44. The molecule has 5 N–H and O–H groups in total. The van der Waals surface area contributed by atoms with Crippen molar-refractivity contribution in [1.29, 1.82) is 0 Å². The van der Waals surface area contributed by atoms with Crippen molar-refractivity contribution < 1.29 is 35.1 Å². The second kappa shape index (κ2) is 3.56. The van der Waals surface area contributed by atoms with E-state index in [1.165, 1.54) is 0 Å². The van der Waals surface area contributed by atoms with Gasteiger partial charge >= 0.3 is 5.97 Å². The molecule has 0 radical (unpaired) electrons. The largest absolute Gasteiger partial charge is 0.479 e. The Labute approximate surface area is 72.8 Å². The minimum absolute atomic E-state index is 1.52. The van der Waals surface area contributed by atoms with Gasteiger partial charge in [0.25, 0.3) is 0 Å². The zero-order valence-corrected chi connectivity index (χ0v) is 6.44. The molecule has 5 atom stereocenters. The first-order chi connectivity index (χ1) is 5.95. The summed E-state index contributed by atoms with van der Waals surface area (Å²) in [5.74, 6) is -1.52. The first-order valence-electron chi connectivity index (χ1n) is 3.55. The van der Waals surface area contributed by atoms with Gasteiger partial charge in [0.05, 0.1) is 0 Å². The van der Waals surface area contributed by atoms with Crippen LogP contribution in [0.3, 0.4) is 0 Å². The van der Waals surface area contributed by atoms with Crippen LogP contribution in [-0.2, 0) is 9.53 Å². The van der Waals surface area contributed by atoms with Gasteiger partial charge in [-0.1, -0.05) is 0 Å². The Kier molecular flexibility index (Phi) is 2.84. The van der Waals surface area contributed by atoms with E-state index in [9.17, 15) is 4.79 Å². The molecule has 13 heavy (non-hydrogen) atoms. The molecular weight excluding hydrogens is 184 g/mol. The molecular formula is C6H10O7. The molecule has 0 saturated carbocycles. The van der Waals surface area contributed by atoms with Gasteiger partial charge in [-0.05, 0) is 0 Å². The van der Waals surface area contributed by atoms with Crippen molar-refractivity contribution >= 4 is 5.97 Å². The predicted molar refractivity (Wildman–Crippen MR) is 36.5 cm³/mol. The Morgan fingerprint density at radius 1 is 1.00 bits per heavy atom. The normalized spacial score (nSPS) is 46.0. The van der Waals surface area contributed by atoms with Crippen molar-refractivity contribution in [2.24, 2.45) is 0 Å². The highest BCUT2D eigenvalue weighted by molar-refractivity contribution is 5.73. The Morgan fingerprint density at radius 2 is 1.54 bits per heavy atom. The number of hydrogen-bond acceptors (Lipinski definition) is 6. The van der Waals surface area contributed by atoms with E-state index in [1.54, 1.807) is 0 Å². The SMILES string of the molecule is O=C(O)[C@H]1O[C@@H](O)[C@@H](O)[C@@H](O)[C@H]1O. The Bertz CT molecular complexity index is 205. The molecule has 0 aromatic rings. The second-order valence-corrected chi connectivity index (χ2v) is 2.76. The van der Waals surface area contributed by atoms with Crippen molar-refractivity contribution in [3.8, 4) is 0 Å². The van der Waals surface area contributed by atoms with Gasteiger partial charge in [-0.25, -0.2) is 4.79 Å². The summed E-state index contributed by atoms with van der Waals surface area (Å²) in [7, 11) is 0. The fourth-order valence-corrected chi connectivity index (χ4v) is 1.07. The molecule has 0 amide bonds. The summed E-state index contributed by atoms with van der Waals surface area (Å²) in [5, 5.41) is 44.4. The summed E-state index contributed by atoms with van der Waals surface area (Å²) in [4.78, 5) is 10.4. The molecule has 76 valence electrons. The molecule has 0 aromatic heterocycles. The maximum absolute atomic E-state index is 10.4. The van der Waals surface area contributed by atoms with Crippen molar-refractivity contribution in [2.45, 2.75) is 30.7 Å². The topological polar surface area (TPSA) is 127 Å². The highest BCUT2D eigenvalue weighted by Crippen LogP contribution is 2.19. The summed E-state index contributed by atoms with van der Waals surface area (Å²) in [6.45, 7) is 0. The third-order valence-electron chi connectivity index (χ3n) is 1.83. The summed E-state index contributed by atoms with van der Waals surface area (Å²) >= 11 is 0. The van der Waals surface area contributed by atoms with Crippen LogP contribution < -0.4 is 0 Å². The number of carboxylic acid groups (broad SMARTS) is 1. The molecule has 0 aromatic carbocycles. The van der Waals surface area contributed by atoms with Crippen LogP contribution >= 0.6 is 0 Å². The number of ether oxygens (including phenoxy) is 1. The highest BCUT2D eigenvalue weighted by atomic mass is 16.6. The number of rotatable bonds is 1. The molecule has 1 rings (SSSR count). The van der Waals surface area contributed by atoms with Crippen LogP contribution in [0.1, 0.15) is 0 Å². The predicted octanol–water partition coefficient (Wildman–Crippen LogP) is -3.13. The molecule has 1 heterocycles. The lowest BCUT2D eigenvalue weighted by Crippen LogP contribution is -2.59. The smallest absolute Gasteiger partial charge is 0.335 e. The molecule has 0 spiro atoms. The zero-order chi connectivity index (χ0) is 10.2. The third-order valence-corrected chi connectivity index (χ3v) is 1.83. The fourth-order valence-electron chi connectivity index (χ4n) is 1.07. The molecule has 1 fully saturated rings. The average Bonchev–Trinajstić information content (AvgIpc) is 2.07. The molecule has 1 aliphatic rings. The van der Waals surface area contributed by atoms with E-state index >= 15 is 0 Å². The number of carbonyl (C=O) groups is 1. The minimum Gasteiger partial charge on any atom is -0.479 e. The summed E-state index contributed by atoms with van der Waals surface area (Å²) in [6.07, 6.45) is -8.72. The molecule has 1 aliphatic heterocycles. The van der Waals surface area contributed by atoms with Gasteiger partial charge in [0.2, 0.25) is 0 Å². The molecule has 0 bridgehead atoms. The molecule has 7 nitrogen and oxygen atoms in total. The third kappa shape index (κ3) is 1.79. The van der Waals surface area contributed by atoms with Crippen LogP contribution in [-0.4, -0.2) is 62.2 Å². The van der Waals surface area contributed by atoms with Gasteiger partial charge in [-0.15, -0.1) is 0 Å². The van der Waals surface area contributed by atoms with Crippen molar-refractivity contribution in [3.05, 3.63) is 0 Å². The summed E-state index contributed by atoms with van der Waals surface area (Å²) in [6, 6.07) is 0. The van der Waals surface area contributed by atoms with E-state index in [-0.39, 0.29) is 0 Å². The number of carboxylic acids is 1. The van der Waals surface area contributed by atoms with Gasteiger partial charge in [-0.2, -0.15) is 0 Å². The van der Waals surface area contributed by atoms with Gasteiger partial charge in [-0.3, -0.25) is 0 Å². The summed E-state index contributed by atoms with van der Waals surface area (Å²) < 4.78 is 4.34. The van der Waals surface area contributed by atoms with E-state index in [0.717, 1.165) is 0 Å². The Hall–Kier alpha value is -0.730. The molecule has 0 aliphatic carbocycles. The lowest BCUT2D eigenvalue weighted by molar-refractivity contribution is -0.279. The highest BCUT2D eigenvalue weighted by Gasteiger charge is 2.46. The van der Waals surface area contributed by atoms with E-state index in [1.807, 2.05) is 0 Å². The molecule has 7 heteroatoms. The van der Waals surface area contributed by atoms with Crippen LogP contribution in [0.25, 0.3) is 0 Å². The van der Waals surface area contributed by atoms with Crippen LogP contribution in [0.15, 0.2) is 0 Å². The van der Waals surface area contributed by atoms with Crippen molar-refractivity contribution in [2.75, 3.05) is 0 Å². The maximum Gasteiger partial charge on any atom is 0.335 e. The standard InChI is InChI=1S/C6H10O7/c7-1-2(8)4(5(10)11)13-6(12)3(1)9/h1-4,6-9,12H,(H,10,11)/t1-,2+,3-,4-,6+/m0/s1. The van der Waals surface area contributed by atoms with E-state index < -0.39 is 36.7 Å². The van der Waals surface area contributed by atoms with E-state index in [0.29, 0.717) is 0 Å². The Balaban J connectivity index is 2.76. The van der Waals surface area contributed by atoms with Crippen LogP contribution in [0.4, 0.5) is 0 Å². The fraction of sp³-hybridized carbons (Fsp3) is 0.833. The second-order valence-electron chi connectivity index (χ2n) is 2.76. The van der Waals surface area contributed by atoms with E-state index in [2.05, 4.69) is 4.74 Å². The lowest BCUT2D eigenvalue weighted by atomic mass is 9.99. The lowest BCUT2D eigenvalue weighted by Gasteiger charge is -2.36. The minimum atomic E-state index is -1.81. The van der Waals surface area contributed by atoms with Gasteiger partial charge in [0.1, 0.15) is 18.3 Å². The summed E-state index contributed by atoms with van der Waals surface area (Å²) in [5.41, 5.74) is 0. The van der Waals surface area contributed by atoms with Gasteiger partial charge < -0.3 is 30.3 Å². The van der Waals surface area contributed by atoms with Crippen LogP contribution in [0.2, 0.25) is 0 Å². The monoisotopic (exact) mass is 194 g/mol. The van der Waals surface area contributed by atoms with Crippen molar-refractivity contribution in [1.82, 2.24) is 0 Å². The first-order valence-corrected chi connectivity index (χ1v) is 3.55. The number of aliphatic carboxylic acids is 1. The van der Waals surface area contributed by atoms with Crippen LogP contribution in [0, 0.1) is 0 Å². The molecule has 1 saturated heterocycles. The van der Waals surface area contributed by atoms with Gasteiger partial charge in [0.15, 0.2) is 12.4 Å². The van der Waals surface area contributed by atoms with Crippen LogP contribution in [0.5, 0.6) is 0 Å². The molecule has 0 unspecified atom stereocenters. The average molecular weight is 194 g/mol. The number of aliphatic hydroxyl groups excluding tert-OH is 4. The maximum atomic E-state index is 10.4. The quantitative estimate of drug-likeness (QED) is 0.298. The van der Waals surface area contributed by atoms with E-state index in [4.69, 9.17) is 25.5 Å². The first kappa shape index (κ1) is 10.4. The number of aliphatic hydroxyl groups is 4. The number of hydrogen-bond donors (Lipinski definition) is 5. The Morgan fingerprint density at radius 3 is 2.00 bits per heavy atom. The van der Waals surface area contributed by atoms with Crippen molar-refractivity contribution in [3.63, 3.8) is 0 Å². The van der Waals surface area contributed by atoms with Gasteiger partial charge in [0, 0.05) is 0 Å².